The minimum absolute atomic E-state index is 0.164. The normalized spacial score (nSPS) is 25.2. The van der Waals surface area contributed by atoms with Gasteiger partial charge in [-0.15, -0.1) is 20.4 Å². The maximum atomic E-state index is 14.6. The highest BCUT2D eigenvalue weighted by molar-refractivity contribution is 9.12. The van der Waals surface area contributed by atoms with Gasteiger partial charge in [0, 0.05) is 10.6 Å². The van der Waals surface area contributed by atoms with E-state index in [4.69, 9.17) is 11.6 Å². The van der Waals surface area contributed by atoms with E-state index in [-0.39, 0.29) is 22.7 Å². The molecule has 0 saturated heterocycles. The molecule has 0 aliphatic heterocycles. The predicted octanol–water partition coefficient (Wildman–Crippen LogP) is 6.70. The fraction of sp³-hybridized carbons (Fsp3) is 0.583. The van der Waals surface area contributed by atoms with E-state index in [0.717, 1.165) is 0 Å². The smallest absolute Gasteiger partial charge is 0.486 e. The Hall–Kier alpha value is 0.480. The summed E-state index contributed by atoms with van der Waals surface area (Å²) in [5.41, 5.74) is 0. The molecule has 1 rings (SSSR count). The van der Waals surface area contributed by atoms with Crippen molar-refractivity contribution in [1.29, 1.82) is 0 Å². The van der Waals surface area contributed by atoms with Gasteiger partial charge in [0.15, 0.2) is 10.7 Å². The van der Waals surface area contributed by atoms with E-state index in [1.165, 1.54) is 0 Å². The number of alkyl halides is 8. The first-order valence-electron chi connectivity index (χ1n) is 6.29. The molecule has 0 fully saturated rings. The third-order valence-corrected chi connectivity index (χ3v) is 7.30. The molecule has 13 heteroatoms. The van der Waals surface area contributed by atoms with E-state index < -0.39 is 43.6 Å². The van der Waals surface area contributed by atoms with Crippen LogP contribution in [0.5, 0.6) is 0 Å². The van der Waals surface area contributed by atoms with Crippen molar-refractivity contribution in [3.63, 3.8) is 0 Å². The predicted molar refractivity (Wildman–Crippen MR) is 84.9 cm³/mol. The summed E-state index contributed by atoms with van der Waals surface area (Å²) in [7, 11) is 0. The zero-order chi connectivity index (χ0) is 20.0. The maximum Gasteiger partial charge on any atom is 0.486 e. The Morgan fingerprint density at radius 3 is 2.08 bits per heavy atom. The molecule has 0 N–H and O–H groups in total. The van der Waals surface area contributed by atoms with Crippen LogP contribution in [0.1, 0.15) is 19.8 Å². The summed E-state index contributed by atoms with van der Waals surface area (Å²) in [5, 5.41) is -6.40. The summed E-state index contributed by atoms with van der Waals surface area (Å²) in [5.74, 6) is -8.26. The zero-order valence-corrected chi connectivity index (χ0v) is 16.7. The van der Waals surface area contributed by atoms with E-state index in [1.54, 1.807) is 6.92 Å². The molecule has 0 aromatic rings. The van der Waals surface area contributed by atoms with Crippen molar-refractivity contribution in [2.45, 2.75) is 41.4 Å². The van der Waals surface area contributed by atoms with Crippen LogP contribution in [0.3, 0.4) is 0 Å². The first kappa shape index (κ1) is 23.5. The maximum absolute atomic E-state index is 14.6. The van der Waals surface area contributed by atoms with E-state index >= 15 is 0 Å². The molecule has 1 nitrogen and oxygen atoms in total. The van der Waals surface area contributed by atoms with Crippen LogP contribution in [0.15, 0.2) is 21.3 Å². The zero-order valence-electron chi connectivity index (χ0n) is 12.0. The second-order valence-electron chi connectivity index (χ2n) is 4.89. The van der Waals surface area contributed by atoms with Gasteiger partial charge in [0.05, 0.1) is 11.2 Å². The second-order valence-corrected chi connectivity index (χ2v) is 8.97. The first-order chi connectivity index (χ1) is 11.1. The molecular formula is C12H8Br2ClF8OS. The molecule has 25 heavy (non-hydrogen) atoms. The highest BCUT2D eigenvalue weighted by Crippen LogP contribution is 2.57. The molecular weight excluding hydrogens is 539 g/mol. The topological polar surface area (TPSA) is 23.1 Å². The van der Waals surface area contributed by atoms with Crippen LogP contribution in [0.25, 0.3) is 0 Å². The summed E-state index contributed by atoms with van der Waals surface area (Å²) in [6.07, 6.45) is -6.23. The standard InChI is InChI=1S/C12H8Br2ClF8OS/c1-2-3-9(14)7(15)5(13)4-6(8(9)16)25(24)12(22,23)10(17,18)11(19,20)21/h4H,2-3H2,1H3. The Morgan fingerprint density at radius 1 is 1.20 bits per heavy atom. The third-order valence-electron chi connectivity index (χ3n) is 3.13. The average Bonchev–Trinajstić information content (AvgIpc) is 2.47. The molecule has 2 atom stereocenters. The minimum atomic E-state index is -6.68. The van der Waals surface area contributed by atoms with Gasteiger partial charge in [0.2, 0.25) is 0 Å². The van der Waals surface area contributed by atoms with Gasteiger partial charge in [-0.1, -0.05) is 45.2 Å². The summed E-state index contributed by atoms with van der Waals surface area (Å²) in [6.45, 7) is 1.55. The van der Waals surface area contributed by atoms with E-state index in [1.807, 2.05) is 0 Å². The Morgan fingerprint density at radius 2 is 1.68 bits per heavy atom. The lowest BCUT2D eigenvalue weighted by atomic mass is 9.93. The molecule has 0 aromatic heterocycles. The quantitative estimate of drug-likeness (QED) is 0.213. The summed E-state index contributed by atoms with van der Waals surface area (Å²) < 4.78 is 114. The van der Waals surface area contributed by atoms with Crippen molar-refractivity contribution in [2.75, 3.05) is 0 Å². The Balaban J connectivity index is 3.50. The molecule has 0 amide bonds. The number of rotatable bonds is 5. The van der Waals surface area contributed by atoms with Gasteiger partial charge in [-0.2, -0.15) is 22.0 Å². The number of hydrogen-bond acceptors (Lipinski definition) is 1. The first-order valence-corrected chi connectivity index (χ1v) is 9.41. The molecule has 1 radical (unpaired) electrons. The Bertz CT molecular complexity index is 594. The molecule has 0 spiro atoms. The van der Waals surface area contributed by atoms with Crippen LogP contribution in [-0.2, 0) is 11.2 Å². The van der Waals surface area contributed by atoms with Crippen LogP contribution in [0.2, 0.25) is 0 Å². The van der Waals surface area contributed by atoms with E-state index in [0.29, 0.717) is 6.08 Å². The Labute approximate surface area is 162 Å². The molecule has 1 aliphatic rings. The molecule has 0 bridgehead atoms. The third kappa shape index (κ3) is 3.88. The fourth-order valence-corrected chi connectivity index (χ4v) is 5.20. The molecule has 0 aromatic carbocycles. The van der Waals surface area contributed by atoms with Gasteiger partial charge in [-0.05, 0) is 6.42 Å². The number of hydrogen-bond donors (Lipinski definition) is 0. The lowest BCUT2D eigenvalue weighted by molar-refractivity contribution is -0.331. The summed E-state index contributed by atoms with van der Waals surface area (Å²) in [4.78, 5) is -1.52. The lowest BCUT2D eigenvalue weighted by Gasteiger charge is -2.35. The van der Waals surface area contributed by atoms with Gasteiger partial charge in [0.1, 0.15) is 9.70 Å². The van der Waals surface area contributed by atoms with Crippen LogP contribution in [0.4, 0.5) is 35.1 Å². The van der Waals surface area contributed by atoms with Crippen molar-refractivity contribution >= 4 is 54.6 Å². The van der Waals surface area contributed by atoms with E-state index in [9.17, 15) is 39.7 Å². The molecule has 1 aliphatic carbocycles. The van der Waals surface area contributed by atoms with Crippen molar-refractivity contribution in [3.8, 4) is 0 Å². The van der Waals surface area contributed by atoms with Crippen LogP contribution < -0.4 is 0 Å². The van der Waals surface area contributed by atoms with Gasteiger partial charge >= 0.3 is 17.4 Å². The highest BCUT2D eigenvalue weighted by Gasteiger charge is 2.80. The molecule has 145 valence electrons. The molecule has 0 heterocycles. The average molecular weight is 548 g/mol. The fourth-order valence-electron chi connectivity index (χ4n) is 1.84. The largest absolute Gasteiger partial charge is 0.606 e. The second kappa shape index (κ2) is 7.48. The van der Waals surface area contributed by atoms with E-state index in [2.05, 4.69) is 31.9 Å². The Kier molecular flexibility index (Phi) is 7.04. The lowest BCUT2D eigenvalue weighted by Crippen LogP contribution is -2.56. The van der Waals surface area contributed by atoms with Crippen LogP contribution >= 0.6 is 43.5 Å². The van der Waals surface area contributed by atoms with Crippen molar-refractivity contribution in [3.05, 3.63) is 26.7 Å². The van der Waals surface area contributed by atoms with Crippen LogP contribution in [0, 0.1) is 5.38 Å². The number of allylic oxidation sites excluding steroid dienone is 3. The summed E-state index contributed by atoms with van der Waals surface area (Å²) >= 11 is 7.10. The van der Waals surface area contributed by atoms with Crippen LogP contribution in [-0.4, -0.2) is 26.2 Å². The number of halogens is 11. The van der Waals surface area contributed by atoms with Gasteiger partial charge in [-0.3, -0.25) is 0 Å². The van der Waals surface area contributed by atoms with Crippen molar-refractivity contribution < 1.29 is 39.7 Å². The summed E-state index contributed by atoms with van der Waals surface area (Å²) in [6, 6.07) is 0. The molecule has 0 saturated carbocycles. The van der Waals surface area contributed by atoms with Gasteiger partial charge < -0.3 is 4.55 Å². The highest BCUT2D eigenvalue weighted by atomic mass is 79.9. The monoisotopic (exact) mass is 545 g/mol. The molecule has 2 unspecified atom stereocenters. The van der Waals surface area contributed by atoms with Gasteiger partial charge in [-0.25, -0.2) is 4.39 Å². The van der Waals surface area contributed by atoms with Crippen molar-refractivity contribution in [1.82, 2.24) is 0 Å². The van der Waals surface area contributed by atoms with Crippen molar-refractivity contribution in [2.24, 2.45) is 0 Å². The minimum Gasteiger partial charge on any atom is -0.606 e. The SMILES string of the molecule is CCCC1(Br)[C](Cl)C(Br)=CC([S+]([O-])C(F)(F)C(F)(F)C(F)(F)F)=C1F. The van der Waals surface area contributed by atoms with Gasteiger partial charge in [0.25, 0.3) is 0 Å².